The van der Waals surface area contributed by atoms with Crippen LogP contribution in [0.5, 0.6) is 5.75 Å². The Morgan fingerprint density at radius 1 is 1.11 bits per heavy atom. The van der Waals surface area contributed by atoms with Gasteiger partial charge in [0.05, 0.1) is 7.11 Å². The molecule has 3 aromatic rings. The topological polar surface area (TPSA) is 63.2 Å². The summed E-state index contributed by atoms with van der Waals surface area (Å²) in [5.41, 5.74) is 2.34. The van der Waals surface area contributed by atoms with Gasteiger partial charge in [-0.1, -0.05) is 29.8 Å². The van der Waals surface area contributed by atoms with Crippen LogP contribution in [0, 0.1) is 0 Å². The van der Waals surface area contributed by atoms with Gasteiger partial charge in [-0.15, -0.1) is 0 Å². The Kier molecular flexibility index (Phi) is 6.28. The molecule has 0 aliphatic rings. The molecule has 2 N–H and O–H groups in total. The lowest BCUT2D eigenvalue weighted by molar-refractivity contribution is 0.102. The number of nitrogens with one attached hydrogen (secondary N) is 2. The number of hydrogen-bond acceptors (Lipinski definition) is 4. The minimum atomic E-state index is -0.205. The Bertz CT molecular complexity index is 931. The number of carbonyl (C=O) groups excluding carboxylic acids is 1. The number of benzene rings is 2. The molecule has 2 aromatic carbocycles. The highest BCUT2D eigenvalue weighted by atomic mass is 35.5. The first-order chi connectivity index (χ1) is 13.1. The van der Waals surface area contributed by atoms with Gasteiger partial charge in [-0.3, -0.25) is 4.79 Å². The maximum absolute atomic E-state index is 12.5. The molecule has 0 bridgehead atoms. The molecule has 5 nitrogen and oxygen atoms in total. The fourth-order valence-corrected chi connectivity index (χ4v) is 2.81. The van der Waals surface area contributed by atoms with Gasteiger partial charge in [0, 0.05) is 35.1 Å². The third-order valence-corrected chi connectivity index (χ3v) is 4.19. The molecular weight excluding hydrogens is 362 g/mol. The van der Waals surface area contributed by atoms with Crippen molar-refractivity contribution in [3.05, 3.63) is 83.0 Å². The number of nitrogens with zero attached hydrogens (tertiary/aromatic N) is 1. The lowest BCUT2D eigenvalue weighted by Gasteiger charge is -2.09. The number of halogens is 1. The van der Waals surface area contributed by atoms with Crippen molar-refractivity contribution in [1.29, 1.82) is 0 Å². The van der Waals surface area contributed by atoms with Gasteiger partial charge in [0.15, 0.2) is 0 Å². The summed E-state index contributed by atoms with van der Waals surface area (Å²) in [6.07, 6.45) is 2.42. The smallest absolute Gasteiger partial charge is 0.255 e. The van der Waals surface area contributed by atoms with Crippen LogP contribution in [0.15, 0.2) is 66.9 Å². The van der Waals surface area contributed by atoms with E-state index in [0.717, 1.165) is 17.0 Å². The standard InChI is InChI=1S/C21H20ClN3O2/c1-27-19-7-3-6-18(14-19)25-21(26)16-9-11-24-20(13-16)23-10-8-15-4-2-5-17(22)12-15/h2-7,9,11-14H,8,10H2,1H3,(H,23,24)(H,25,26). The summed E-state index contributed by atoms with van der Waals surface area (Å²) in [5, 5.41) is 6.82. The second kappa shape index (κ2) is 9.05. The fraction of sp³-hybridized carbons (Fsp3) is 0.143. The molecule has 0 atom stereocenters. The molecule has 1 heterocycles. The molecule has 1 amide bonds. The minimum Gasteiger partial charge on any atom is -0.497 e. The second-order valence-electron chi connectivity index (χ2n) is 5.92. The monoisotopic (exact) mass is 381 g/mol. The van der Waals surface area contributed by atoms with E-state index in [0.29, 0.717) is 29.4 Å². The molecule has 3 rings (SSSR count). The van der Waals surface area contributed by atoms with Crippen LogP contribution in [0.1, 0.15) is 15.9 Å². The molecule has 0 aliphatic carbocycles. The van der Waals surface area contributed by atoms with Crippen LogP contribution in [-0.4, -0.2) is 24.5 Å². The quantitative estimate of drug-likeness (QED) is 0.625. The Morgan fingerprint density at radius 3 is 2.78 bits per heavy atom. The van der Waals surface area contributed by atoms with E-state index in [-0.39, 0.29) is 5.91 Å². The molecule has 0 spiro atoms. The third-order valence-electron chi connectivity index (χ3n) is 3.96. The zero-order chi connectivity index (χ0) is 19.1. The number of carbonyl (C=O) groups is 1. The number of pyridine rings is 1. The van der Waals surface area contributed by atoms with Gasteiger partial charge in [0.2, 0.25) is 0 Å². The molecular formula is C21H20ClN3O2. The van der Waals surface area contributed by atoms with Crippen molar-refractivity contribution < 1.29 is 9.53 Å². The summed E-state index contributed by atoms with van der Waals surface area (Å²) >= 11 is 6.00. The predicted molar refractivity (Wildman–Crippen MR) is 109 cm³/mol. The molecule has 0 saturated heterocycles. The number of anilines is 2. The van der Waals surface area contributed by atoms with Crippen molar-refractivity contribution in [2.24, 2.45) is 0 Å². The molecule has 0 saturated carbocycles. The highest BCUT2D eigenvalue weighted by Gasteiger charge is 2.08. The zero-order valence-corrected chi connectivity index (χ0v) is 15.7. The van der Waals surface area contributed by atoms with Gasteiger partial charge in [-0.05, 0) is 48.4 Å². The van der Waals surface area contributed by atoms with E-state index in [1.54, 1.807) is 31.5 Å². The second-order valence-corrected chi connectivity index (χ2v) is 6.36. The van der Waals surface area contributed by atoms with E-state index in [2.05, 4.69) is 15.6 Å². The molecule has 27 heavy (non-hydrogen) atoms. The maximum Gasteiger partial charge on any atom is 0.255 e. The molecule has 0 radical (unpaired) electrons. The van der Waals surface area contributed by atoms with E-state index in [9.17, 15) is 4.79 Å². The van der Waals surface area contributed by atoms with Crippen LogP contribution < -0.4 is 15.4 Å². The van der Waals surface area contributed by atoms with E-state index in [1.165, 1.54) is 0 Å². The maximum atomic E-state index is 12.5. The van der Waals surface area contributed by atoms with Crippen LogP contribution in [0.25, 0.3) is 0 Å². The van der Waals surface area contributed by atoms with Crippen LogP contribution in [0.3, 0.4) is 0 Å². The largest absolute Gasteiger partial charge is 0.497 e. The predicted octanol–water partition coefficient (Wildman–Crippen LogP) is 4.65. The first-order valence-corrected chi connectivity index (χ1v) is 8.91. The molecule has 138 valence electrons. The number of hydrogen-bond donors (Lipinski definition) is 2. The lowest BCUT2D eigenvalue weighted by atomic mass is 10.1. The van der Waals surface area contributed by atoms with Crippen LogP contribution in [0.2, 0.25) is 5.02 Å². The van der Waals surface area contributed by atoms with Gasteiger partial charge in [-0.25, -0.2) is 4.98 Å². The summed E-state index contributed by atoms with van der Waals surface area (Å²) in [6, 6.07) is 18.4. The molecule has 1 aromatic heterocycles. The molecule has 0 aliphatic heterocycles. The summed E-state index contributed by atoms with van der Waals surface area (Å²) in [4.78, 5) is 16.7. The first kappa shape index (κ1) is 18.7. The number of aromatic nitrogens is 1. The summed E-state index contributed by atoms with van der Waals surface area (Å²) in [6.45, 7) is 0.689. The highest BCUT2D eigenvalue weighted by molar-refractivity contribution is 6.30. The fourth-order valence-electron chi connectivity index (χ4n) is 2.60. The lowest BCUT2D eigenvalue weighted by Crippen LogP contribution is -2.13. The number of rotatable bonds is 7. The van der Waals surface area contributed by atoms with Gasteiger partial charge < -0.3 is 15.4 Å². The van der Waals surface area contributed by atoms with Crippen LogP contribution >= 0.6 is 11.6 Å². The molecule has 0 unspecified atom stereocenters. The Labute approximate surface area is 163 Å². The third kappa shape index (κ3) is 5.46. The van der Waals surface area contributed by atoms with E-state index < -0.39 is 0 Å². The highest BCUT2D eigenvalue weighted by Crippen LogP contribution is 2.18. The summed E-state index contributed by atoms with van der Waals surface area (Å²) in [7, 11) is 1.59. The van der Waals surface area contributed by atoms with Crippen LogP contribution in [-0.2, 0) is 6.42 Å². The van der Waals surface area contributed by atoms with E-state index >= 15 is 0 Å². The Morgan fingerprint density at radius 2 is 1.96 bits per heavy atom. The Balaban J connectivity index is 1.59. The number of amides is 1. The zero-order valence-electron chi connectivity index (χ0n) is 14.9. The summed E-state index contributed by atoms with van der Waals surface area (Å²) < 4.78 is 5.17. The van der Waals surface area contributed by atoms with Gasteiger partial charge in [0.1, 0.15) is 11.6 Å². The Hall–Kier alpha value is -3.05. The van der Waals surface area contributed by atoms with Gasteiger partial charge >= 0.3 is 0 Å². The van der Waals surface area contributed by atoms with Crippen molar-refractivity contribution in [2.75, 3.05) is 24.3 Å². The van der Waals surface area contributed by atoms with Gasteiger partial charge in [-0.2, -0.15) is 0 Å². The SMILES string of the molecule is COc1cccc(NC(=O)c2ccnc(NCCc3cccc(Cl)c3)c2)c1. The van der Waals surface area contributed by atoms with Crippen molar-refractivity contribution in [2.45, 2.75) is 6.42 Å². The number of ether oxygens (including phenoxy) is 1. The first-order valence-electron chi connectivity index (χ1n) is 8.54. The molecule has 0 fully saturated rings. The average Bonchev–Trinajstić information content (AvgIpc) is 2.68. The normalized spacial score (nSPS) is 10.3. The van der Waals surface area contributed by atoms with E-state index in [1.807, 2.05) is 42.5 Å². The summed E-state index contributed by atoms with van der Waals surface area (Å²) in [5.74, 6) is 1.13. The van der Waals surface area contributed by atoms with Crippen molar-refractivity contribution in [3.63, 3.8) is 0 Å². The number of methoxy groups -OCH3 is 1. The average molecular weight is 382 g/mol. The van der Waals surface area contributed by atoms with Crippen LogP contribution in [0.4, 0.5) is 11.5 Å². The van der Waals surface area contributed by atoms with Crippen molar-refractivity contribution in [1.82, 2.24) is 4.98 Å². The van der Waals surface area contributed by atoms with Crippen molar-refractivity contribution in [3.8, 4) is 5.75 Å². The van der Waals surface area contributed by atoms with Crippen molar-refractivity contribution >= 4 is 29.0 Å². The van der Waals surface area contributed by atoms with Gasteiger partial charge in [0.25, 0.3) is 5.91 Å². The molecule has 6 heteroatoms. The van der Waals surface area contributed by atoms with E-state index in [4.69, 9.17) is 16.3 Å². The minimum absolute atomic E-state index is 0.205.